The van der Waals surface area contributed by atoms with E-state index in [4.69, 9.17) is 0 Å². The second-order valence-corrected chi connectivity index (χ2v) is 8.69. The molecule has 0 N–H and O–H groups in total. The summed E-state index contributed by atoms with van der Waals surface area (Å²) in [4.78, 5) is 0. The molecule has 1 aliphatic rings. The molecule has 0 unspecified atom stereocenters. The van der Waals surface area contributed by atoms with Crippen molar-refractivity contribution >= 4 is 0 Å². The fourth-order valence-electron chi connectivity index (χ4n) is 4.63. The summed E-state index contributed by atoms with van der Waals surface area (Å²) in [7, 11) is 0. The summed E-state index contributed by atoms with van der Waals surface area (Å²) in [6.07, 6.45) is 11.6. The summed E-state index contributed by atoms with van der Waals surface area (Å²) >= 11 is 0. The Kier molecular flexibility index (Phi) is 7.32. The van der Waals surface area contributed by atoms with E-state index in [1.165, 1.54) is 54.4 Å². The molecule has 0 radical (unpaired) electrons. The van der Waals surface area contributed by atoms with Gasteiger partial charge in [0.1, 0.15) is 0 Å². The van der Waals surface area contributed by atoms with Crippen molar-refractivity contribution in [2.45, 2.75) is 84.0 Å². The third kappa shape index (κ3) is 5.05. The lowest BCUT2D eigenvalue weighted by Gasteiger charge is -2.35. The second-order valence-electron chi connectivity index (χ2n) is 8.69. The molecule has 0 bridgehead atoms. The summed E-state index contributed by atoms with van der Waals surface area (Å²) in [5.41, 5.74) is 5.44. The van der Waals surface area contributed by atoms with Gasteiger partial charge in [-0.3, -0.25) is 0 Å². The largest absolute Gasteiger partial charge is 0.198 e. The molecule has 1 nitrogen and oxygen atoms in total. The molecule has 2 aromatic rings. The maximum absolute atomic E-state index is 9.70. The first-order valence-corrected chi connectivity index (χ1v) is 11.3. The van der Waals surface area contributed by atoms with Crippen LogP contribution in [0.3, 0.4) is 0 Å². The summed E-state index contributed by atoms with van der Waals surface area (Å²) in [6.45, 7) is 4.46. The third-order valence-corrected chi connectivity index (χ3v) is 6.68. The van der Waals surface area contributed by atoms with Gasteiger partial charge in [0, 0.05) is 0 Å². The predicted octanol–water partition coefficient (Wildman–Crippen LogP) is 8.05. The van der Waals surface area contributed by atoms with Crippen molar-refractivity contribution < 1.29 is 0 Å². The van der Waals surface area contributed by atoms with Crippen LogP contribution in [0, 0.1) is 16.7 Å². The van der Waals surface area contributed by atoms with Gasteiger partial charge in [0.15, 0.2) is 0 Å². The Bertz CT molecular complexity index is 755. The molecule has 2 aromatic carbocycles. The lowest BCUT2D eigenvalue weighted by molar-refractivity contribution is 0.224. The summed E-state index contributed by atoms with van der Waals surface area (Å²) in [5, 5.41) is 9.70. The van der Waals surface area contributed by atoms with Gasteiger partial charge in [-0.1, -0.05) is 81.6 Å². The Morgan fingerprint density at radius 3 is 1.96 bits per heavy atom. The molecule has 1 fully saturated rings. The van der Waals surface area contributed by atoms with Crippen LogP contribution in [-0.4, -0.2) is 0 Å². The normalized spacial score (nSPS) is 22.0. The lowest BCUT2D eigenvalue weighted by Crippen LogP contribution is -2.25. The SMILES string of the molecule is CCCCc1ccc(-c2ccc(C3CCC(C#N)(CCCC)CC3)cc2)cc1. The van der Waals surface area contributed by atoms with Crippen LogP contribution in [0.5, 0.6) is 0 Å². The monoisotopic (exact) mass is 373 g/mol. The lowest BCUT2D eigenvalue weighted by atomic mass is 9.67. The molecule has 1 saturated carbocycles. The third-order valence-electron chi connectivity index (χ3n) is 6.68. The van der Waals surface area contributed by atoms with Gasteiger partial charge in [0.05, 0.1) is 11.5 Å². The Hall–Kier alpha value is -2.07. The van der Waals surface area contributed by atoms with Crippen LogP contribution in [0.1, 0.15) is 88.7 Å². The molecule has 28 heavy (non-hydrogen) atoms. The van der Waals surface area contributed by atoms with Gasteiger partial charge >= 0.3 is 0 Å². The Morgan fingerprint density at radius 2 is 1.43 bits per heavy atom. The Labute approximate surface area is 171 Å². The van der Waals surface area contributed by atoms with Crippen molar-refractivity contribution in [2.75, 3.05) is 0 Å². The van der Waals surface area contributed by atoms with Gasteiger partial charge in [0.25, 0.3) is 0 Å². The molecule has 0 atom stereocenters. The molecule has 0 heterocycles. The van der Waals surface area contributed by atoms with Gasteiger partial charge in [-0.25, -0.2) is 0 Å². The predicted molar refractivity (Wildman–Crippen MR) is 119 cm³/mol. The minimum atomic E-state index is -0.0496. The zero-order valence-electron chi connectivity index (χ0n) is 17.7. The molecule has 0 saturated heterocycles. The standard InChI is InChI=1S/C27H35N/c1-3-5-7-22-8-10-23(11-9-22)24-12-14-25(15-13-24)26-16-19-27(21-28,20-17-26)18-6-4-2/h8-15,26H,3-7,16-20H2,1-2H3. The number of aryl methyl sites for hydroxylation is 1. The fraction of sp³-hybridized carbons (Fsp3) is 0.519. The van der Waals surface area contributed by atoms with Crippen LogP contribution in [0.25, 0.3) is 11.1 Å². The molecule has 1 heteroatoms. The summed E-state index contributed by atoms with van der Waals surface area (Å²) in [5.74, 6) is 0.619. The maximum atomic E-state index is 9.70. The number of unbranched alkanes of at least 4 members (excludes halogenated alkanes) is 2. The van der Waals surface area contributed by atoms with E-state index in [0.29, 0.717) is 5.92 Å². The first-order chi connectivity index (χ1) is 13.7. The number of benzene rings is 2. The molecule has 0 aromatic heterocycles. The highest BCUT2D eigenvalue weighted by Gasteiger charge is 2.35. The summed E-state index contributed by atoms with van der Waals surface area (Å²) in [6, 6.07) is 20.9. The molecule has 3 rings (SSSR count). The van der Waals surface area contributed by atoms with Crippen molar-refractivity contribution in [1.29, 1.82) is 5.26 Å². The molecular weight excluding hydrogens is 338 g/mol. The minimum absolute atomic E-state index is 0.0496. The van der Waals surface area contributed by atoms with Gasteiger partial charge in [-0.15, -0.1) is 0 Å². The average Bonchev–Trinajstić information content (AvgIpc) is 2.77. The molecule has 1 aliphatic carbocycles. The van der Waals surface area contributed by atoms with Crippen LogP contribution in [0.2, 0.25) is 0 Å². The second kappa shape index (κ2) is 9.92. The van der Waals surface area contributed by atoms with E-state index in [1.54, 1.807) is 0 Å². The van der Waals surface area contributed by atoms with Gasteiger partial charge < -0.3 is 0 Å². The van der Waals surface area contributed by atoms with Crippen molar-refractivity contribution in [3.05, 3.63) is 59.7 Å². The van der Waals surface area contributed by atoms with Crippen LogP contribution >= 0.6 is 0 Å². The Morgan fingerprint density at radius 1 is 0.857 bits per heavy atom. The molecule has 0 aliphatic heterocycles. The van der Waals surface area contributed by atoms with E-state index in [1.807, 2.05) is 0 Å². The summed E-state index contributed by atoms with van der Waals surface area (Å²) < 4.78 is 0. The smallest absolute Gasteiger partial charge is 0.0689 e. The Balaban J connectivity index is 1.61. The van der Waals surface area contributed by atoms with E-state index < -0.39 is 0 Å². The number of nitrogens with zero attached hydrogens (tertiary/aromatic N) is 1. The van der Waals surface area contributed by atoms with Crippen molar-refractivity contribution in [3.8, 4) is 17.2 Å². The van der Waals surface area contributed by atoms with Crippen molar-refractivity contribution in [3.63, 3.8) is 0 Å². The van der Waals surface area contributed by atoms with E-state index in [0.717, 1.165) is 32.1 Å². The maximum Gasteiger partial charge on any atom is 0.0689 e. The van der Waals surface area contributed by atoms with E-state index in [2.05, 4.69) is 68.4 Å². The van der Waals surface area contributed by atoms with Gasteiger partial charge in [0.2, 0.25) is 0 Å². The highest BCUT2D eigenvalue weighted by Crippen LogP contribution is 2.45. The molecule has 0 spiro atoms. The quantitative estimate of drug-likeness (QED) is 0.459. The van der Waals surface area contributed by atoms with Crippen molar-refractivity contribution in [2.24, 2.45) is 5.41 Å². The number of hydrogen-bond acceptors (Lipinski definition) is 1. The number of rotatable bonds is 8. The zero-order valence-corrected chi connectivity index (χ0v) is 17.7. The van der Waals surface area contributed by atoms with Crippen molar-refractivity contribution in [1.82, 2.24) is 0 Å². The highest BCUT2D eigenvalue weighted by molar-refractivity contribution is 5.64. The van der Waals surface area contributed by atoms with Crippen LogP contribution in [0.15, 0.2) is 48.5 Å². The topological polar surface area (TPSA) is 23.8 Å². The average molecular weight is 374 g/mol. The van der Waals surface area contributed by atoms with Crippen LogP contribution in [-0.2, 0) is 6.42 Å². The fourth-order valence-corrected chi connectivity index (χ4v) is 4.63. The molecular formula is C27H35N. The van der Waals surface area contributed by atoms with Crippen LogP contribution in [0.4, 0.5) is 0 Å². The number of hydrogen-bond donors (Lipinski definition) is 0. The minimum Gasteiger partial charge on any atom is -0.198 e. The van der Waals surface area contributed by atoms with E-state index in [9.17, 15) is 5.26 Å². The first-order valence-electron chi connectivity index (χ1n) is 11.3. The molecule has 148 valence electrons. The van der Waals surface area contributed by atoms with E-state index in [-0.39, 0.29) is 5.41 Å². The number of nitriles is 1. The van der Waals surface area contributed by atoms with Gasteiger partial charge in [-0.2, -0.15) is 5.26 Å². The van der Waals surface area contributed by atoms with Crippen LogP contribution < -0.4 is 0 Å². The highest BCUT2D eigenvalue weighted by atomic mass is 14.4. The van der Waals surface area contributed by atoms with Gasteiger partial charge in [-0.05, 0) is 73.1 Å². The van der Waals surface area contributed by atoms with E-state index >= 15 is 0 Å². The molecule has 0 amide bonds. The first kappa shape index (κ1) is 20.7. The zero-order chi connectivity index (χ0) is 19.8.